The second-order valence-corrected chi connectivity index (χ2v) is 8.65. The SMILES string of the molecule is O=C1c2ccccc2C(=O)N1CCN1CCN(C2CCCCc3ccccc32)CC1. The lowest BCUT2D eigenvalue weighted by molar-refractivity contribution is 0.0587. The molecule has 1 aliphatic carbocycles. The Labute approximate surface area is 178 Å². The van der Waals surface area contributed by atoms with E-state index in [1.165, 1.54) is 41.7 Å². The smallest absolute Gasteiger partial charge is 0.261 e. The number of benzene rings is 2. The van der Waals surface area contributed by atoms with Gasteiger partial charge in [-0.15, -0.1) is 0 Å². The maximum atomic E-state index is 12.6. The van der Waals surface area contributed by atoms with Crippen LogP contribution in [0.5, 0.6) is 0 Å². The van der Waals surface area contributed by atoms with Crippen molar-refractivity contribution >= 4 is 11.8 Å². The summed E-state index contributed by atoms with van der Waals surface area (Å²) in [5.41, 5.74) is 4.13. The Kier molecular flexibility index (Phi) is 5.40. The van der Waals surface area contributed by atoms with Crippen LogP contribution < -0.4 is 0 Å². The molecule has 2 aromatic rings. The molecule has 3 aliphatic rings. The Bertz CT molecular complexity index is 914. The number of aryl methyl sites for hydroxylation is 1. The second kappa shape index (κ2) is 8.32. The molecule has 0 spiro atoms. The standard InChI is InChI=1S/C25H29N3O2/c29-24-21-10-4-5-11-22(21)25(30)28(24)18-15-26-13-16-27(17-14-26)23-12-6-2-8-19-7-1-3-9-20(19)23/h1,3-5,7,9-11,23H,2,6,8,12-18H2. The maximum absolute atomic E-state index is 12.6. The van der Waals surface area contributed by atoms with Crippen molar-refractivity contribution in [3.05, 3.63) is 70.8 Å². The fraction of sp³-hybridized carbons (Fsp3) is 0.440. The van der Waals surface area contributed by atoms with Crippen molar-refractivity contribution in [1.29, 1.82) is 0 Å². The summed E-state index contributed by atoms with van der Waals surface area (Å²) in [7, 11) is 0. The Morgan fingerprint density at radius 3 is 2.17 bits per heavy atom. The number of hydrogen-bond donors (Lipinski definition) is 0. The van der Waals surface area contributed by atoms with Gasteiger partial charge in [0.25, 0.3) is 11.8 Å². The first-order chi connectivity index (χ1) is 14.7. The largest absolute Gasteiger partial charge is 0.299 e. The molecule has 1 unspecified atom stereocenters. The van der Waals surface area contributed by atoms with Crippen molar-refractivity contribution in [1.82, 2.24) is 14.7 Å². The number of hydrogen-bond acceptors (Lipinski definition) is 4. The number of carbonyl (C=O) groups excluding carboxylic acids is 2. The van der Waals surface area contributed by atoms with E-state index >= 15 is 0 Å². The quantitative estimate of drug-likeness (QED) is 0.580. The Morgan fingerprint density at radius 1 is 0.767 bits per heavy atom. The zero-order valence-electron chi connectivity index (χ0n) is 17.4. The van der Waals surface area contributed by atoms with E-state index in [2.05, 4.69) is 34.1 Å². The van der Waals surface area contributed by atoms with E-state index < -0.39 is 0 Å². The highest BCUT2D eigenvalue weighted by atomic mass is 16.2. The van der Waals surface area contributed by atoms with Gasteiger partial charge < -0.3 is 0 Å². The number of rotatable bonds is 4. The first kappa shape index (κ1) is 19.5. The van der Waals surface area contributed by atoms with Gasteiger partial charge in [-0.1, -0.05) is 42.8 Å². The van der Waals surface area contributed by atoms with Crippen molar-refractivity contribution in [3.63, 3.8) is 0 Å². The average molecular weight is 404 g/mol. The molecule has 5 nitrogen and oxygen atoms in total. The van der Waals surface area contributed by atoms with Crippen LogP contribution in [-0.2, 0) is 6.42 Å². The van der Waals surface area contributed by atoms with Crippen LogP contribution in [0.4, 0.5) is 0 Å². The number of nitrogens with zero attached hydrogens (tertiary/aromatic N) is 3. The Balaban J connectivity index is 1.18. The molecule has 1 fully saturated rings. The molecule has 1 saturated heterocycles. The van der Waals surface area contributed by atoms with Crippen LogP contribution in [-0.4, -0.2) is 65.8 Å². The van der Waals surface area contributed by atoms with Crippen molar-refractivity contribution in [2.24, 2.45) is 0 Å². The van der Waals surface area contributed by atoms with Crippen LogP contribution >= 0.6 is 0 Å². The third-order valence-corrected chi connectivity index (χ3v) is 6.95. The molecule has 0 N–H and O–H groups in total. The van der Waals surface area contributed by atoms with Crippen LogP contribution in [0.25, 0.3) is 0 Å². The summed E-state index contributed by atoms with van der Waals surface area (Å²) in [4.78, 5) is 31.6. The lowest BCUT2D eigenvalue weighted by Gasteiger charge is -2.40. The molecule has 0 bridgehead atoms. The summed E-state index contributed by atoms with van der Waals surface area (Å²) in [6.07, 6.45) is 5.02. The molecule has 0 radical (unpaired) electrons. The lowest BCUT2D eigenvalue weighted by atomic mass is 9.97. The molecule has 1 atom stereocenters. The van der Waals surface area contributed by atoms with Crippen molar-refractivity contribution in [3.8, 4) is 0 Å². The van der Waals surface area contributed by atoms with Crippen LogP contribution in [0.3, 0.4) is 0 Å². The molecule has 2 aliphatic heterocycles. The Hall–Kier alpha value is -2.50. The van der Waals surface area contributed by atoms with Gasteiger partial charge in [-0.05, 0) is 42.5 Å². The monoisotopic (exact) mass is 403 g/mol. The van der Waals surface area contributed by atoms with Crippen molar-refractivity contribution < 1.29 is 9.59 Å². The van der Waals surface area contributed by atoms with Crippen LogP contribution in [0, 0.1) is 0 Å². The minimum Gasteiger partial charge on any atom is -0.299 e. The summed E-state index contributed by atoms with van der Waals surface area (Å²) in [5, 5.41) is 0. The first-order valence-corrected chi connectivity index (χ1v) is 11.2. The molecule has 30 heavy (non-hydrogen) atoms. The van der Waals surface area contributed by atoms with Gasteiger partial charge in [0.1, 0.15) is 0 Å². The van der Waals surface area contributed by atoms with Crippen LogP contribution in [0.1, 0.15) is 57.1 Å². The van der Waals surface area contributed by atoms with Gasteiger partial charge in [0, 0.05) is 45.3 Å². The molecular weight excluding hydrogens is 374 g/mol. The van der Waals surface area contributed by atoms with Gasteiger partial charge >= 0.3 is 0 Å². The Morgan fingerprint density at radius 2 is 1.43 bits per heavy atom. The molecule has 0 aromatic heterocycles. The van der Waals surface area contributed by atoms with Gasteiger partial charge in [-0.25, -0.2) is 0 Å². The zero-order valence-corrected chi connectivity index (χ0v) is 17.4. The molecule has 5 rings (SSSR count). The average Bonchev–Trinajstić information content (AvgIpc) is 2.93. The number of carbonyl (C=O) groups is 2. The number of imide groups is 1. The summed E-state index contributed by atoms with van der Waals surface area (Å²) >= 11 is 0. The molecule has 5 heteroatoms. The van der Waals surface area contributed by atoms with Gasteiger partial charge in [-0.2, -0.15) is 0 Å². The minimum atomic E-state index is -0.149. The first-order valence-electron chi connectivity index (χ1n) is 11.2. The van der Waals surface area contributed by atoms with E-state index in [9.17, 15) is 9.59 Å². The highest BCUT2D eigenvalue weighted by Crippen LogP contribution is 2.33. The highest BCUT2D eigenvalue weighted by molar-refractivity contribution is 6.21. The second-order valence-electron chi connectivity index (χ2n) is 8.65. The number of amides is 2. The van der Waals surface area contributed by atoms with Gasteiger partial charge in [0.05, 0.1) is 11.1 Å². The summed E-state index contributed by atoms with van der Waals surface area (Å²) in [5.74, 6) is -0.298. The van der Waals surface area contributed by atoms with Crippen molar-refractivity contribution in [2.75, 3.05) is 39.3 Å². The van der Waals surface area contributed by atoms with E-state index in [1.54, 1.807) is 12.1 Å². The third kappa shape index (κ3) is 3.57. The minimum absolute atomic E-state index is 0.149. The van der Waals surface area contributed by atoms with Crippen LogP contribution in [0.2, 0.25) is 0 Å². The molecule has 156 valence electrons. The van der Waals surface area contributed by atoms with E-state index in [0.29, 0.717) is 23.7 Å². The topological polar surface area (TPSA) is 43.9 Å². The number of piperazine rings is 1. The van der Waals surface area contributed by atoms with E-state index in [4.69, 9.17) is 0 Å². The summed E-state index contributed by atoms with van der Waals surface area (Å²) in [6.45, 7) is 5.28. The van der Waals surface area contributed by atoms with E-state index in [0.717, 1.165) is 32.7 Å². The van der Waals surface area contributed by atoms with Gasteiger partial charge in [0.2, 0.25) is 0 Å². The van der Waals surface area contributed by atoms with Gasteiger partial charge in [-0.3, -0.25) is 24.3 Å². The zero-order chi connectivity index (χ0) is 20.5. The normalized spacial score (nSPS) is 22.7. The fourth-order valence-electron chi connectivity index (χ4n) is 5.26. The predicted octanol–water partition coefficient (Wildman–Crippen LogP) is 3.37. The van der Waals surface area contributed by atoms with E-state index in [1.807, 2.05) is 12.1 Å². The molecule has 2 aromatic carbocycles. The molecule has 2 heterocycles. The predicted molar refractivity (Wildman–Crippen MR) is 117 cm³/mol. The van der Waals surface area contributed by atoms with Gasteiger partial charge in [0.15, 0.2) is 0 Å². The molecule has 2 amide bonds. The summed E-state index contributed by atoms with van der Waals surface area (Å²) in [6, 6.07) is 16.6. The lowest BCUT2D eigenvalue weighted by Crippen LogP contribution is -2.49. The van der Waals surface area contributed by atoms with Crippen molar-refractivity contribution in [2.45, 2.75) is 31.7 Å². The van der Waals surface area contributed by atoms with E-state index in [-0.39, 0.29) is 11.8 Å². The highest BCUT2D eigenvalue weighted by Gasteiger charge is 2.35. The maximum Gasteiger partial charge on any atom is 0.261 e. The molecule has 0 saturated carbocycles. The fourth-order valence-corrected chi connectivity index (χ4v) is 5.26. The third-order valence-electron chi connectivity index (χ3n) is 6.95. The van der Waals surface area contributed by atoms with Crippen LogP contribution in [0.15, 0.2) is 48.5 Å². The number of fused-ring (bicyclic) bond motifs is 2. The summed E-state index contributed by atoms with van der Waals surface area (Å²) < 4.78 is 0. The molecular formula is C25H29N3O2.